The monoisotopic (exact) mass is 332 g/mol. The number of aromatic nitrogens is 2. The zero-order chi connectivity index (χ0) is 12.4. The lowest BCUT2D eigenvalue weighted by molar-refractivity contribution is 0.459. The van der Waals surface area contributed by atoms with Gasteiger partial charge in [0.05, 0.1) is 16.2 Å². The molecule has 0 atom stereocenters. The first-order valence-electron chi connectivity index (χ1n) is 4.54. The third-order valence-electron chi connectivity index (χ3n) is 1.92. The van der Waals surface area contributed by atoms with Gasteiger partial charge in [-0.3, -0.25) is 4.79 Å². The summed E-state index contributed by atoms with van der Waals surface area (Å²) in [5.74, 6) is 0.439. The van der Waals surface area contributed by atoms with Gasteiger partial charge in [0.2, 0.25) is 0 Å². The molecule has 0 bridgehead atoms. The second-order valence-corrected chi connectivity index (χ2v) is 4.97. The van der Waals surface area contributed by atoms with Crippen molar-refractivity contribution < 1.29 is 4.74 Å². The summed E-state index contributed by atoms with van der Waals surface area (Å²) < 4.78 is 13.5. The standard InChI is InChI=1S/C10H6BrClN2O2S/c1-5-2-3-7(6(11)4-5)16-10-8(15)9(12)13-17-14-10/h2-4H,1H3. The highest BCUT2D eigenvalue weighted by atomic mass is 79.9. The fraction of sp³-hybridized carbons (Fsp3) is 0.100. The first kappa shape index (κ1) is 12.5. The lowest BCUT2D eigenvalue weighted by Crippen LogP contribution is -2.07. The minimum atomic E-state index is -0.516. The molecule has 1 aromatic heterocycles. The van der Waals surface area contributed by atoms with Crippen LogP contribution in [0.25, 0.3) is 0 Å². The Morgan fingerprint density at radius 3 is 2.88 bits per heavy atom. The Balaban J connectivity index is 2.38. The van der Waals surface area contributed by atoms with Crippen LogP contribution in [0.1, 0.15) is 5.56 Å². The Kier molecular flexibility index (Phi) is 3.76. The van der Waals surface area contributed by atoms with Crippen molar-refractivity contribution in [3.05, 3.63) is 43.6 Å². The summed E-state index contributed by atoms with van der Waals surface area (Å²) in [5.41, 5.74) is 0.563. The van der Waals surface area contributed by atoms with E-state index in [9.17, 15) is 4.79 Å². The molecular weight excluding hydrogens is 328 g/mol. The largest absolute Gasteiger partial charge is 0.434 e. The predicted octanol–water partition coefficient (Wildman–Crippen LogP) is 3.41. The minimum absolute atomic E-state index is 0.0699. The average Bonchev–Trinajstić information content (AvgIpc) is 2.28. The SMILES string of the molecule is Cc1ccc(Oc2nsnc(Cl)c2=O)c(Br)c1. The van der Waals surface area contributed by atoms with Gasteiger partial charge in [0.25, 0.3) is 11.3 Å². The van der Waals surface area contributed by atoms with Crippen LogP contribution in [0.4, 0.5) is 0 Å². The van der Waals surface area contributed by atoms with Crippen molar-refractivity contribution >= 4 is 39.3 Å². The van der Waals surface area contributed by atoms with Crippen LogP contribution in [0.2, 0.25) is 5.15 Å². The van der Waals surface area contributed by atoms with E-state index in [2.05, 4.69) is 24.7 Å². The summed E-state index contributed by atoms with van der Waals surface area (Å²) in [6.45, 7) is 1.96. The number of hydrogen-bond donors (Lipinski definition) is 0. The number of hydrogen-bond acceptors (Lipinski definition) is 5. The Hall–Kier alpha value is -0.980. The first-order chi connectivity index (χ1) is 8.08. The third kappa shape index (κ3) is 2.83. The summed E-state index contributed by atoms with van der Waals surface area (Å²) in [6, 6.07) is 5.50. The molecule has 0 unspecified atom stereocenters. The van der Waals surface area contributed by atoms with Crippen molar-refractivity contribution in [1.82, 2.24) is 8.75 Å². The molecule has 2 aromatic rings. The van der Waals surface area contributed by atoms with Gasteiger partial charge in [-0.15, -0.1) is 4.37 Å². The fourth-order valence-corrected chi connectivity index (χ4v) is 2.26. The molecule has 4 nitrogen and oxygen atoms in total. The van der Waals surface area contributed by atoms with Crippen LogP contribution in [0.3, 0.4) is 0 Å². The summed E-state index contributed by atoms with van der Waals surface area (Å²) in [6.07, 6.45) is 0. The third-order valence-corrected chi connectivity index (χ3v) is 3.41. The highest BCUT2D eigenvalue weighted by molar-refractivity contribution is 9.10. The van der Waals surface area contributed by atoms with E-state index in [0.29, 0.717) is 5.75 Å². The van der Waals surface area contributed by atoms with Crippen molar-refractivity contribution in [2.75, 3.05) is 0 Å². The van der Waals surface area contributed by atoms with E-state index >= 15 is 0 Å². The van der Waals surface area contributed by atoms with E-state index in [1.165, 1.54) is 0 Å². The fourth-order valence-electron chi connectivity index (χ4n) is 1.12. The number of halogens is 2. The lowest BCUT2D eigenvalue weighted by Gasteiger charge is -2.05. The van der Waals surface area contributed by atoms with Crippen LogP contribution >= 0.6 is 39.3 Å². The summed E-state index contributed by atoms with van der Waals surface area (Å²) >= 11 is 9.77. The molecule has 0 aliphatic carbocycles. The van der Waals surface area contributed by atoms with Crippen LogP contribution in [0.15, 0.2) is 27.5 Å². The average molecular weight is 334 g/mol. The van der Waals surface area contributed by atoms with Crippen molar-refractivity contribution in [2.24, 2.45) is 0 Å². The van der Waals surface area contributed by atoms with E-state index in [-0.39, 0.29) is 11.0 Å². The van der Waals surface area contributed by atoms with Crippen LogP contribution in [-0.2, 0) is 0 Å². The van der Waals surface area contributed by atoms with Crippen LogP contribution in [0, 0.1) is 6.92 Å². The quantitative estimate of drug-likeness (QED) is 0.845. The van der Waals surface area contributed by atoms with Crippen LogP contribution in [0.5, 0.6) is 11.6 Å². The van der Waals surface area contributed by atoms with E-state index in [4.69, 9.17) is 16.3 Å². The molecule has 17 heavy (non-hydrogen) atoms. The molecule has 1 aromatic carbocycles. The molecule has 2 rings (SSSR count). The zero-order valence-corrected chi connectivity index (χ0v) is 11.8. The smallest absolute Gasteiger partial charge is 0.283 e. The molecule has 0 aliphatic heterocycles. The van der Waals surface area contributed by atoms with Gasteiger partial charge in [0.15, 0.2) is 5.15 Å². The van der Waals surface area contributed by atoms with Crippen LogP contribution in [-0.4, -0.2) is 8.75 Å². The van der Waals surface area contributed by atoms with E-state index in [1.807, 2.05) is 19.1 Å². The Bertz CT molecular complexity index is 617. The van der Waals surface area contributed by atoms with Gasteiger partial charge in [-0.05, 0) is 40.5 Å². The van der Waals surface area contributed by atoms with E-state index in [1.54, 1.807) is 6.07 Å². The van der Waals surface area contributed by atoms with Gasteiger partial charge < -0.3 is 4.74 Å². The number of ether oxygens (including phenoxy) is 1. The van der Waals surface area contributed by atoms with Crippen molar-refractivity contribution in [2.45, 2.75) is 6.92 Å². The highest BCUT2D eigenvalue weighted by Gasteiger charge is 2.11. The van der Waals surface area contributed by atoms with E-state index in [0.717, 1.165) is 21.8 Å². The number of nitrogens with zero attached hydrogens (tertiary/aromatic N) is 2. The summed E-state index contributed by atoms with van der Waals surface area (Å²) in [7, 11) is 0. The molecule has 0 N–H and O–H groups in total. The molecular formula is C10H6BrClN2O2S. The predicted molar refractivity (Wildman–Crippen MR) is 70.1 cm³/mol. The molecule has 0 saturated heterocycles. The summed E-state index contributed by atoms with van der Waals surface area (Å²) in [4.78, 5) is 11.6. The summed E-state index contributed by atoms with van der Waals surface area (Å²) in [5, 5.41) is -0.136. The Labute approximate surface area is 115 Å². The zero-order valence-electron chi connectivity index (χ0n) is 8.61. The van der Waals surface area contributed by atoms with Gasteiger partial charge in [0.1, 0.15) is 5.75 Å². The topological polar surface area (TPSA) is 52.1 Å². The van der Waals surface area contributed by atoms with Gasteiger partial charge in [0, 0.05) is 0 Å². The number of aryl methyl sites for hydroxylation is 1. The molecule has 0 saturated carbocycles. The number of benzene rings is 1. The Morgan fingerprint density at radius 2 is 2.18 bits per heavy atom. The maximum Gasteiger partial charge on any atom is 0.283 e. The van der Waals surface area contributed by atoms with E-state index < -0.39 is 5.43 Å². The second-order valence-electron chi connectivity index (χ2n) is 3.23. The van der Waals surface area contributed by atoms with Gasteiger partial charge in [-0.1, -0.05) is 17.7 Å². The molecule has 0 radical (unpaired) electrons. The molecule has 0 spiro atoms. The molecule has 1 heterocycles. The normalized spacial score (nSPS) is 10.3. The molecule has 0 fully saturated rings. The lowest BCUT2D eigenvalue weighted by atomic mass is 10.2. The maximum absolute atomic E-state index is 11.6. The van der Waals surface area contributed by atoms with Gasteiger partial charge >= 0.3 is 0 Å². The van der Waals surface area contributed by atoms with Crippen molar-refractivity contribution in [1.29, 1.82) is 0 Å². The minimum Gasteiger partial charge on any atom is -0.434 e. The second kappa shape index (κ2) is 5.12. The molecule has 0 amide bonds. The number of rotatable bonds is 2. The maximum atomic E-state index is 11.6. The first-order valence-corrected chi connectivity index (χ1v) is 6.44. The molecule has 88 valence electrons. The Morgan fingerprint density at radius 1 is 1.41 bits per heavy atom. The van der Waals surface area contributed by atoms with Gasteiger partial charge in [-0.25, -0.2) is 0 Å². The van der Waals surface area contributed by atoms with Crippen LogP contribution < -0.4 is 10.2 Å². The van der Waals surface area contributed by atoms with Gasteiger partial charge in [-0.2, -0.15) is 4.37 Å². The molecule has 0 aliphatic rings. The molecule has 7 heteroatoms. The van der Waals surface area contributed by atoms with Crippen molar-refractivity contribution in [3.63, 3.8) is 0 Å². The highest BCUT2D eigenvalue weighted by Crippen LogP contribution is 2.28. The van der Waals surface area contributed by atoms with Crippen molar-refractivity contribution in [3.8, 4) is 11.6 Å².